The molecule has 2 N–H and O–H groups in total. The zero-order valence-corrected chi connectivity index (χ0v) is 20.4. The summed E-state index contributed by atoms with van der Waals surface area (Å²) in [5.41, 5.74) is 0. The second kappa shape index (κ2) is 9.85. The Hall–Kier alpha value is -2.03. The van der Waals surface area contributed by atoms with Crippen molar-refractivity contribution in [3.05, 3.63) is 60.7 Å². The van der Waals surface area contributed by atoms with Crippen LogP contribution in [0.3, 0.4) is 0 Å². The van der Waals surface area contributed by atoms with Gasteiger partial charge in [-0.1, -0.05) is 88.4 Å². The molecule has 1 saturated heterocycles. The molecule has 2 aromatic rings. The fourth-order valence-electron chi connectivity index (χ4n) is 4.55. The van der Waals surface area contributed by atoms with Gasteiger partial charge in [0, 0.05) is 12.8 Å². The Balaban J connectivity index is 1.94. The molecule has 0 spiro atoms. The summed E-state index contributed by atoms with van der Waals surface area (Å²) in [6.07, 6.45) is -4.16. The van der Waals surface area contributed by atoms with Crippen molar-refractivity contribution in [1.82, 2.24) is 0 Å². The molecule has 6 nitrogen and oxygen atoms in total. The van der Waals surface area contributed by atoms with E-state index in [-0.39, 0.29) is 11.6 Å². The minimum Gasteiger partial charge on any atom is -0.454 e. The minimum atomic E-state index is -2.78. The van der Waals surface area contributed by atoms with Crippen LogP contribution < -0.4 is 10.4 Å². The van der Waals surface area contributed by atoms with E-state index in [1.165, 1.54) is 6.92 Å². The summed E-state index contributed by atoms with van der Waals surface area (Å²) in [6, 6.07) is 20.5. The molecule has 0 bridgehead atoms. The smallest absolute Gasteiger partial charge is 0.303 e. The van der Waals surface area contributed by atoms with Crippen LogP contribution in [0, 0.1) is 5.92 Å². The van der Waals surface area contributed by atoms with Crippen LogP contribution in [0.2, 0.25) is 5.04 Å². The summed E-state index contributed by atoms with van der Waals surface area (Å²) in [5.74, 6) is -0.980. The number of rotatable bonds is 6. The first-order valence-electron chi connectivity index (χ1n) is 11.0. The molecule has 0 radical (unpaired) electrons. The highest BCUT2D eigenvalue weighted by Gasteiger charge is 2.52. The third-order valence-electron chi connectivity index (χ3n) is 6.24. The van der Waals surface area contributed by atoms with Crippen LogP contribution in [0.4, 0.5) is 0 Å². The maximum absolute atomic E-state index is 11.4. The Morgan fingerprint density at radius 1 is 1.00 bits per heavy atom. The van der Waals surface area contributed by atoms with Crippen LogP contribution in [-0.2, 0) is 18.7 Å². The summed E-state index contributed by atoms with van der Waals surface area (Å²) < 4.78 is 17.7. The number of benzene rings is 2. The molecule has 1 aliphatic heterocycles. The lowest BCUT2D eigenvalue weighted by Gasteiger charge is -2.46. The van der Waals surface area contributed by atoms with Crippen molar-refractivity contribution in [2.75, 3.05) is 6.61 Å². The molecule has 3 rings (SSSR count). The van der Waals surface area contributed by atoms with Crippen LogP contribution in [0.15, 0.2) is 60.7 Å². The Bertz CT molecular complexity index is 843. The molecule has 0 amide bonds. The monoisotopic (exact) mass is 458 g/mol. The molecule has 32 heavy (non-hydrogen) atoms. The van der Waals surface area contributed by atoms with Crippen molar-refractivity contribution in [3.63, 3.8) is 0 Å². The van der Waals surface area contributed by atoms with E-state index in [1.807, 2.05) is 43.3 Å². The van der Waals surface area contributed by atoms with Crippen LogP contribution in [0.1, 0.15) is 34.6 Å². The number of aliphatic hydroxyl groups is 2. The van der Waals surface area contributed by atoms with Crippen molar-refractivity contribution in [1.29, 1.82) is 0 Å². The Morgan fingerprint density at radius 3 is 1.94 bits per heavy atom. The fourth-order valence-corrected chi connectivity index (χ4v) is 9.12. The lowest BCUT2D eigenvalue weighted by molar-refractivity contribution is -0.275. The molecule has 1 aliphatic rings. The lowest BCUT2D eigenvalue weighted by Crippen LogP contribution is -2.67. The molecule has 1 unspecified atom stereocenters. The minimum absolute atomic E-state index is 0.190. The van der Waals surface area contributed by atoms with Gasteiger partial charge in [0.2, 0.25) is 0 Å². The largest absolute Gasteiger partial charge is 0.454 e. The van der Waals surface area contributed by atoms with Gasteiger partial charge in [0.1, 0.15) is 6.10 Å². The maximum atomic E-state index is 11.4. The average molecular weight is 459 g/mol. The van der Waals surface area contributed by atoms with E-state index in [4.69, 9.17) is 13.9 Å². The summed E-state index contributed by atoms with van der Waals surface area (Å²) >= 11 is 0. The Labute approximate surface area is 191 Å². The predicted octanol–water partition coefficient (Wildman–Crippen LogP) is 2.21. The number of hydrogen-bond donors (Lipinski definition) is 2. The van der Waals surface area contributed by atoms with Crippen molar-refractivity contribution < 1.29 is 28.9 Å². The Kier molecular flexibility index (Phi) is 7.57. The van der Waals surface area contributed by atoms with E-state index < -0.39 is 44.8 Å². The third kappa shape index (κ3) is 4.82. The van der Waals surface area contributed by atoms with Gasteiger partial charge < -0.3 is 24.1 Å². The average Bonchev–Trinajstić information content (AvgIpc) is 2.75. The summed E-state index contributed by atoms with van der Waals surface area (Å²) in [7, 11) is -2.78. The van der Waals surface area contributed by atoms with Gasteiger partial charge in [0.15, 0.2) is 12.4 Å². The van der Waals surface area contributed by atoms with Gasteiger partial charge in [0.25, 0.3) is 8.32 Å². The first kappa shape index (κ1) is 24.6. The zero-order valence-electron chi connectivity index (χ0n) is 19.4. The molecule has 5 atom stereocenters. The quantitative estimate of drug-likeness (QED) is 0.510. The molecule has 7 heteroatoms. The molecule has 0 aromatic heterocycles. The van der Waals surface area contributed by atoms with Gasteiger partial charge in [0.05, 0.1) is 12.7 Å². The highest BCUT2D eigenvalue weighted by atomic mass is 28.4. The molecule has 1 fully saturated rings. The van der Waals surface area contributed by atoms with Gasteiger partial charge in [-0.2, -0.15) is 0 Å². The van der Waals surface area contributed by atoms with Crippen LogP contribution in [0.5, 0.6) is 0 Å². The molecule has 1 heterocycles. The predicted molar refractivity (Wildman–Crippen MR) is 125 cm³/mol. The normalized spacial score (nSPS) is 26.5. The molecular weight excluding hydrogens is 424 g/mol. The number of carbonyl (C=O) groups is 1. The third-order valence-corrected chi connectivity index (χ3v) is 11.2. The first-order valence-corrected chi connectivity index (χ1v) is 12.9. The highest BCUT2D eigenvalue weighted by Crippen LogP contribution is 2.38. The number of ether oxygens (including phenoxy) is 2. The lowest BCUT2D eigenvalue weighted by atomic mass is 9.91. The second-order valence-corrected chi connectivity index (χ2v) is 13.8. The van der Waals surface area contributed by atoms with Crippen LogP contribution in [0.25, 0.3) is 0 Å². The van der Waals surface area contributed by atoms with E-state index in [0.29, 0.717) is 0 Å². The standard InChI is InChI=1S/C25H34O6Si/c1-17-21(31-24(28)23(22(17)27)30-18(2)26)16-29-32(25(3,4)5,19-12-8-6-9-13-19)20-14-10-7-11-15-20/h6-15,17,21-24,27-28H,16H2,1-5H3/t17-,21-,22+,23+,24?/m0/s1. The van der Waals surface area contributed by atoms with Crippen LogP contribution in [-0.4, -0.2) is 55.7 Å². The zero-order chi connectivity index (χ0) is 23.5. The van der Waals surface area contributed by atoms with E-state index in [2.05, 4.69) is 45.0 Å². The summed E-state index contributed by atoms with van der Waals surface area (Å²) in [4.78, 5) is 11.4. The molecule has 0 saturated carbocycles. The van der Waals surface area contributed by atoms with Crippen LogP contribution >= 0.6 is 0 Å². The number of aliphatic hydroxyl groups excluding tert-OH is 2. The van der Waals surface area contributed by atoms with Gasteiger partial charge in [-0.3, -0.25) is 4.79 Å². The molecule has 174 valence electrons. The van der Waals surface area contributed by atoms with Crippen molar-refractivity contribution in [2.24, 2.45) is 5.92 Å². The molecular formula is C25H34O6Si. The summed E-state index contributed by atoms with van der Waals surface area (Å²) in [5, 5.41) is 23.2. The van der Waals surface area contributed by atoms with Gasteiger partial charge in [-0.25, -0.2) is 0 Å². The number of hydrogen-bond acceptors (Lipinski definition) is 6. The number of carbonyl (C=O) groups excluding carboxylic acids is 1. The summed E-state index contributed by atoms with van der Waals surface area (Å²) in [6.45, 7) is 9.80. The topological polar surface area (TPSA) is 85.2 Å². The van der Waals surface area contributed by atoms with Crippen molar-refractivity contribution in [3.8, 4) is 0 Å². The molecule has 2 aromatic carbocycles. The Morgan fingerprint density at radius 2 is 1.50 bits per heavy atom. The number of esters is 1. The first-order chi connectivity index (χ1) is 15.1. The van der Waals surface area contributed by atoms with E-state index in [1.54, 1.807) is 0 Å². The highest BCUT2D eigenvalue weighted by molar-refractivity contribution is 6.99. The van der Waals surface area contributed by atoms with Gasteiger partial charge in [-0.05, 0) is 15.4 Å². The van der Waals surface area contributed by atoms with Crippen molar-refractivity contribution in [2.45, 2.75) is 64.3 Å². The fraction of sp³-hybridized carbons (Fsp3) is 0.480. The van der Waals surface area contributed by atoms with Crippen molar-refractivity contribution >= 4 is 24.7 Å². The SMILES string of the molecule is CC(=O)O[C@H]1C(O)O[C@@H](CO[Si](c2ccccc2)(c2ccccc2)C(C)(C)C)[C@H](C)[C@H]1O. The van der Waals surface area contributed by atoms with Gasteiger partial charge >= 0.3 is 5.97 Å². The van der Waals surface area contributed by atoms with E-state index in [9.17, 15) is 15.0 Å². The maximum Gasteiger partial charge on any atom is 0.303 e. The van der Waals surface area contributed by atoms with Gasteiger partial charge in [-0.15, -0.1) is 0 Å². The van der Waals surface area contributed by atoms with E-state index in [0.717, 1.165) is 10.4 Å². The molecule has 0 aliphatic carbocycles. The van der Waals surface area contributed by atoms with E-state index >= 15 is 0 Å². The second-order valence-electron chi connectivity index (χ2n) is 9.46.